The summed E-state index contributed by atoms with van der Waals surface area (Å²) in [5.74, 6) is -1.38. The fraction of sp³-hybridized carbons (Fsp3) is 0.810. The summed E-state index contributed by atoms with van der Waals surface area (Å²) in [7, 11) is 0. The van der Waals surface area contributed by atoms with Crippen molar-refractivity contribution >= 4 is 11.9 Å². The van der Waals surface area contributed by atoms with Gasteiger partial charge in [0.1, 0.15) is 18.8 Å². The van der Waals surface area contributed by atoms with Crippen LogP contribution in [-0.4, -0.2) is 54.9 Å². The van der Waals surface area contributed by atoms with E-state index in [0.717, 1.165) is 25.7 Å². The zero-order chi connectivity index (χ0) is 20.3. The molecule has 0 aromatic carbocycles. The molecule has 158 valence electrons. The van der Waals surface area contributed by atoms with Crippen molar-refractivity contribution < 1.29 is 33.3 Å². The largest absolute Gasteiger partial charge is 0.462 e. The topological polar surface area (TPSA) is 80.3 Å². The molecule has 0 N–H and O–H groups in total. The predicted molar refractivity (Wildman–Crippen MR) is 100 cm³/mol. The third-order valence-electron chi connectivity index (χ3n) is 5.93. The van der Waals surface area contributed by atoms with E-state index in [2.05, 4.69) is 13.5 Å². The number of rotatable bonds is 6. The van der Waals surface area contributed by atoms with Crippen LogP contribution in [0.2, 0.25) is 0 Å². The number of esters is 2. The second kappa shape index (κ2) is 8.93. The van der Waals surface area contributed by atoms with Gasteiger partial charge in [-0.3, -0.25) is 9.59 Å². The van der Waals surface area contributed by atoms with Crippen LogP contribution in [0.15, 0.2) is 12.7 Å². The van der Waals surface area contributed by atoms with E-state index in [0.29, 0.717) is 6.42 Å². The molecule has 2 aliphatic heterocycles. The molecule has 0 aromatic rings. The SMILES string of the molecule is C=CC[C@@H]1O[C@@H]([C@@H](COC(C)=O)OC(C)=O)C2OC3(CCCCC3)O[C@H]2[C@H]1C. The zero-order valence-electron chi connectivity index (χ0n) is 17.1. The van der Waals surface area contributed by atoms with E-state index < -0.39 is 29.9 Å². The van der Waals surface area contributed by atoms with Crippen molar-refractivity contribution in [2.45, 2.75) is 95.6 Å². The van der Waals surface area contributed by atoms with E-state index in [1.165, 1.54) is 20.3 Å². The van der Waals surface area contributed by atoms with Crippen LogP contribution in [0.4, 0.5) is 0 Å². The minimum atomic E-state index is -0.754. The lowest BCUT2D eigenvalue weighted by Crippen LogP contribution is -2.57. The lowest BCUT2D eigenvalue weighted by Gasteiger charge is -2.43. The number of hydrogen-bond donors (Lipinski definition) is 0. The smallest absolute Gasteiger partial charge is 0.303 e. The lowest BCUT2D eigenvalue weighted by molar-refractivity contribution is -0.218. The Labute approximate surface area is 166 Å². The first-order valence-corrected chi connectivity index (χ1v) is 10.3. The Morgan fingerprint density at radius 2 is 1.82 bits per heavy atom. The number of carbonyl (C=O) groups is 2. The van der Waals surface area contributed by atoms with E-state index in [1.807, 2.05) is 6.08 Å². The highest BCUT2D eigenvalue weighted by Gasteiger charge is 2.58. The standard InChI is InChI=1S/C21H32O7/c1-5-9-16-13(2)18-20(28-21(27-18)10-7-6-8-11-21)19(26-16)17(25-15(4)23)12-24-14(3)22/h5,13,16-20H,1,6-12H2,2-4H3/t13-,16-,17+,18-,19-,20?/m0/s1. The third-order valence-corrected chi connectivity index (χ3v) is 5.93. The summed E-state index contributed by atoms with van der Waals surface area (Å²) in [6, 6.07) is 0. The van der Waals surface area contributed by atoms with Gasteiger partial charge in [-0.25, -0.2) is 0 Å². The maximum atomic E-state index is 11.7. The van der Waals surface area contributed by atoms with Gasteiger partial charge in [0.15, 0.2) is 11.9 Å². The van der Waals surface area contributed by atoms with E-state index >= 15 is 0 Å². The van der Waals surface area contributed by atoms with E-state index in [9.17, 15) is 9.59 Å². The monoisotopic (exact) mass is 396 g/mol. The van der Waals surface area contributed by atoms with Crippen LogP contribution in [-0.2, 0) is 33.3 Å². The number of carbonyl (C=O) groups excluding carboxylic acids is 2. The number of ether oxygens (including phenoxy) is 5. The highest BCUT2D eigenvalue weighted by molar-refractivity contribution is 5.67. The van der Waals surface area contributed by atoms with Crippen LogP contribution in [0.25, 0.3) is 0 Å². The van der Waals surface area contributed by atoms with Crippen molar-refractivity contribution in [1.29, 1.82) is 0 Å². The van der Waals surface area contributed by atoms with Crippen LogP contribution in [0, 0.1) is 5.92 Å². The number of fused-ring (bicyclic) bond motifs is 1. The average molecular weight is 396 g/mol. The van der Waals surface area contributed by atoms with Gasteiger partial charge in [0.25, 0.3) is 0 Å². The van der Waals surface area contributed by atoms with Gasteiger partial charge in [-0.15, -0.1) is 6.58 Å². The lowest BCUT2D eigenvalue weighted by atomic mass is 9.85. The van der Waals surface area contributed by atoms with Crippen molar-refractivity contribution in [2.75, 3.05) is 6.61 Å². The van der Waals surface area contributed by atoms with Crippen LogP contribution < -0.4 is 0 Å². The summed E-state index contributed by atoms with van der Waals surface area (Å²) in [5, 5.41) is 0. The molecule has 0 amide bonds. The first kappa shape index (κ1) is 21.3. The molecule has 7 heteroatoms. The van der Waals surface area contributed by atoms with Gasteiger partial charge in [-0.05, 0) is 19.3 Å². The summed E-state index contributed by atoms with van der Waals surface area (Å²) < 4.78 is 30.0. The van der Waals surface area contributed by atoms with Crippen molar-refractivity contribution in [2.24, 2.45) is 5.92 Å². The molecule has 2 heterocycles. The van der Waals surface area contributed by atoms with Gasteiger partial charge in [-0.1, -0.05) is 19.4 Å². The molecule has 2 saturated heterocycles. The van der Waals surface area contributed by atoms with Gasteiger partial charge in [0.05, 0.1) is 12.2 Å². The van der Waals surface area contributed by atoms with Crippen LogP contribution >= 0.6 is 0 Å². The molecule has 1 spiro atoms. The molecule has 7 nitrogen and oxygen atoms in total. The molecule has 0 radical (unpaired) electrons. The fourth-order valence-electron chi connectivity index (χ4n) is 4.60. The Morgan fingerprint density at radius 3 is 2.43 bits per heavy atom. The molecule has 1 unspecified atom stereocenters. The molecular formula is C21H32O7. The molecule has 1 aliphatic carbocycles. The van der Waals surface area contributed by atoms with Gasteiger partial charge in [0, 0.05) is 32.6 Å². The average Bonchev–Trinajstić information content (AvgIpc) is 3.00. The molecular weight excluding hydrogens is 364 g/mol. The van der Waals surface area contributed by atoms with Crippen LogP contribution in [0.5, 0.6) is 0 Å². The van der Waals surface area contributed by atoms with Crippen molar-refractivity contribution in [3.05, 3.63) is 12.7 Å². The predicted octanol–water partition coefficient (Wildman–Crippen LogP) is 2.91. The van der Waals surface area contributed by atoms with Crippen molar-refractivity contribution in [1.82, 2.24) is 0 Å². The Morgan fingerprint density at radius 1 is 1.14 bits per heavy atom. The van der Waals surface area contributed by atoms with Gasteiger partial charge >= 0.3 is 11.9 Å². The summed E-state index contributed by atoms with van der Waals surface area (Å²) in [6.45, 7) is 8.51. The summed E-state index contributed by atoms with van der Waals surface area (Å²) in [4.78, 5) is 23.0. The Kier molecular flexibility index (Phi) is 6.78. The molecule has 3 rings (SSSR count). The Bertz CT molecular complexity index is 583. The van der Waals surface area contributed by atoms with E-state index in [4.69, 9.17) is 23.7 Å². The van der Waals surface area contributed by atoms with Gasteiger partial charge in [-0.2, -0.15) is 0 Å². The fourth-order valence-corrected chi connectivity index (χ4v) is 4.60. The first-order chi connectivity index (χ1) is 13.3. The molecule has 0 aromatic heterocycles. The summed E-state index contributed by atoms with van der Waals surface area (Å²) in [5.41, 5.74) is 0. The minimum Gasteiger partial charge on any atom is -0.462 e. The molecule has 1 saturated carbocycles. The molecule has 28 heavy (non-hydrogen) atoms. The second-order valence-electron chi connectivity index (χ2n) is 8.11. The van der Waals surface area contributed by atoms with Crippen LogP contribution in [0.1, 0.15) is 59.3 Å². The second-order valence-corrected chi connectivity index (χ2v) is 8.11. The van der Waals surface area contributed by atoms with Gasteiger partial charge in [0.2, 0.25) is 0 Å². The maximum Gasteiger partial charge on any atom is 0.303 e. The Balaban J connectivity index is 1.86. The van der Waals surface area contributed by atoms with E-state index in [1.54, 1.807) is 0 Å². The maximum absolute atomic E-state index is 11.7. The minimum absolute atomic E-state index is 0.0750. The summed E-state index contributed by atoms with van der Waals surface area (Å²) >= 11 is 0. The van der Waals surface area contributed by atoms with Crippen LogP contribution in [0.3, 0.4) is 0 Å². The van der Waals surface area contributed by atoms with Crippen molar-refractivity contribution in [3.8, 4) is 0 Å². The zero-order valence-corrected chi connectivity index (χ0v) is 17.1. The summed E-state index contributed by atoms with van der Waals surface area (Å²) in [6.07, 6.45) is 5.48. The highest BCUT2D eigenvalue weighted by Crippen LogP contribution is 2.47. The normalized spacial score (nSPS) is 35.0. The molecule has 3 fully saturated rings. The molecule has 0 bridgehead atoms. The third kappa shape index (κ3) is 4.58. The highest BCUT2D eigenvalue weighted by atomic mass is 16.8. The first-order valence-electron chi connectivity index (χ1n) is 10.3. The van der Waals surface area contributed by atoms with Crippen molar-refractivity contribution in [3.63, 3.8) is 0 Å². The quantitative estimate of drug-likeness (QED) is 0.504. The molecule has 3 aliphatic rings. The Hall–Kier alpha value is -1.44. The van der Waals surface area contributed by atoms with E-state index in [-0.39, 0.29) is 30.8 Å². The van der Waals surface area contributed by atoms with Gasteiger partial charge < -0.3 is 23.7 Å². The molecule has 6 atom stereocenters. The number of hydrogen-bond acceptors (Lipinski definition) is 7.